The van der Waals surface area contributed by atoms with Gasteiger partial charge in [0.05, 0.1) is 12.8 Å². The van der Waals surface area contributed by atoms with Crippen molar-refractivity contribution in [2.45, 2.75) is 33.7 Å². The van der Waals surface area contributed by atoms with Crippen LogP contribution in [0, 0.1) is 13.8 Å². The van der Waals surface area contributed by atoms with Crippen LogP contribution in [0.15, 0.2) is 45.4 Å². The molecule has 0 atom stereocenters. The van der Waals surface area contributed by atoms with Gasteiger partial charge in [-0.3, -0.25) is 4.79 Å². The van der Waals surface area contributed by atoms with Crippen molar-refractivity contribution >= 4 is 16.8 Å². The monoisotopic (exact) mass is 378 g/mol. The fourth-order valence-electron chi connectivity index (χ4n) is 3.28. The lowest BCUT2D eigenvalue weighted by molar-refractivity contribution is 0.0729. The molecule has 0 fully saturated rings. The molecule has 0 spiro atoms. The van der Waals surface area contributed by atoms with Gasteiger partial charge in [-0.25, -0.2) is 0 Å². The van der Waals surface area contributed by atoms with Gasteiger partial charge in [-0.2, -0.15) is 0 Å². The summed E-state index contributed by atoms with van der Waals surface area (Å²) in [7, 11) is 0. The number of hydrogen-bond donors (Lipinski definition) is 1. The molecular formula is C21H22N4O3. The normalized spacial score (nSPS) is 11.2. The highest BCUT2D eigenvalue weighted by Crippen LogP contribution is 2.24. The quantitative estimate of drug-likeness (QED) is 0.534. The molecule has 4 rings (SSSR count). The number of furan rings is 1. The first kappa shape index (κ1) is 18.0. The van der Waals surface area contributed by atoms with Crippen molar-refractivity contribution in [3.8, 4) is 11.7 Å². The van der Waals surface area contributed by atoms with Crippen LogP contribution < -0.4 is 0 Å². The van der Waals surface area contributed by atoms with Crippen LogP contribution in [0.5, 0.6) is 0 Å². The fourth-order valence-corrected chi connectivity index (χ4v) is 3.28. The van der Waals surface area contributed by atoms with Gasteiger partial charge in [-0.15, -0.1) is 10.2 Å². The maximum absolute atomic E-state index is 13.1. The fraction of sp³-hybridized carbons (Fsp3) is 0.286. The summed E-state index contributed by atoms with van der Waals surface area (Å²) in [6.45, 7) is 6.97. The Morgan fingerprint density at radius 1 is 1.21 bits per heavy atom. The number of hydrogen-bond acceptors (Lipinski definition) is 5. The zero-order valence-electron chi connectivity index (χ0n) is 16.2. The average molecular weight is 378 g/mol. The third-order valence-corrected chi connectivity index (χ3v) is 4.86. The molecule has 0 bridgehead atoms. The zero-order valence-corrected chi connectivity index (χ0v) is 16.2. The van der Waals surface area contributed by atoms with Crippen molar-refractivity contribution in [3.63, 3.8) is 0 Å². The summed E-state index contributed by atoms with van der Waals surface area (Å²) in [6.07, 6.45) is 2.38. The van der Waals surface area contributed by atoms with Crippen molar-refractivity contribution in [1.29, 1.82) is 0 Å². The SMILES string of the molecule is CCCN(Cc1nnc(-c2ccco2)o1)C(=O)c1ccc2[nH]c(C)c(C)c2c1. The van der Waals surface area contributed by atoms with E-state index in [0.717, 1.165) is 28.6 Å². The minimum absolute atomic E-state index is 0.0558. The van der Waals surface area contributed by atoms with E-state index < -0.39 is 0 Å². The second-order valence-electron chi connectivity index (χ2n) is 6.84. The van der Waals surface area contributed by atoms with E-state index in [0.29, 0.717) is 29.6 Å². The van der Waals surface area contributed by atoms with Gasteiger partial charge in [0, 0.05) is 28.7 Å². The van der Waals surface area contributed by atoms with Crippen molar-refractivity contribution in [2.24, 2.45) is 0 Å². The third kappa shape index (κ3) is 3.31. The number of fused-ring (bicyclic) bond motifs is 1. The maximum Gasteiger partial charge on any atom is 0.283 e. The Morgan fingerprint density at radius 3 is 2.82 bits per heavy atom. The van der Waals surface area contributed by atoms with Gasteiger partial charge >= 0.3 is 0 Å². The molecule has 7 heteroatoms. The molecule has 4 aromatic rings. The Kier molecular flexibility index (Phi) is 4.73. The number of aromatic nitrogens is 3. The van der Waals surface area contributed by atoms with Gasteiger partial charge in [-0.1, -0.05) is 6.92 Å². The number of nitrogens with one attached hydrogen (secondary N) is 1. The van der Waals surface area contributed by atoms with Gasteiger partial charge < -0.3 is 18.7 Å². The van der Waals surface area contributed by atoms with Gasteiger partial charge in [0.2, 0.25) is 5.89 Å². The van der Waals surface area contributed by atoms with Crippen LogP contribution in [0.1, 0.15) is 40.9 Å². The van der Waals surface area contributed by atoms with E-state index in [1.54, 1.807) is 23.3 Å². The Bertz CT molecular complexity index is 1110. The Morgan fingerprint density at radius 2 is 2.07 bits per heavy atom. The maximum atomic E-state index is 13.1. The first-order chi connectivity index (χ1) is 13.6. The summed E-state index contributed by atoms with van der Waals surface area (Å²) in [5, 5.41) is 9.14. The number of nitrogens with zero attached hydrogens (tertiary/aromatic N) is 3. The molecule has 3 aromatic heterocycles. The van der Waals surface area contributed by atoms with Crippen LogP contribution in [-0.4, -0.2) is 32.5 Å². The number of amides is 1. The highest BCUT2D eigenvalue weighted by molar-refractivity contribution is 5.99. The average Bonchev–Trinajstić information content (AvgIpc) is 3.43. The van der Waals surface area contributed by atoms with E-state index in [9.17, 15) is 4.79 Å². The van der Waals surface area contributed by atoms with Gasteiger partial charge in [0.25, 0.3) is 11.8 Å². The van der Waals surface area contributed by atoms with Crippen molar-refractivity contribution < 1.29 is 13.6 Å². The highest BCUT2D eigenvalue weighted by Gasteiger charge is 2.20. The molecule has 0 unspecified atom stereocenters. The van der Waals surface area contributed by atoms with E-state index in [-0.39, 0.29) is 12.5 Å². The van der Waals surface area contributed by atoms with Crippen LogP contribution in [0.2, 0.25) is 0 Å². The molecule has 0 saturated carbocycles. The predicted molar refractivity (Wildman–Crippen MR) is 105 cm³/mol. The lowest BCUT2D eigenvalue weighted by Crippen LogP contribution is -2.31. The largest absolute Gasteiger partial charge is 0.459 e. The smallest absolute Gasteiger partial charge is 0.283 e. The number of aryl methyl sites for hydroxylation is 2. The van der Waals surface area contributed by atoms with Crippen molar-refractivity contribution in [2.75, 3.05) is 6.54 Å². The number of aromatic amines is 1. The minimum atomic E-state index is -0.0558. The second kappa shape index (κ2) is 7.34. The first-order valence-electron chi connectivity index (χ1n) is 9.31. The lowest BCUT2D eigenvalue weighted by Gasteiger charge is -2.20. The van der Waals surface area contributed by atoms with E-state index in [1.807, 2.05) is 32.0 Å². The Balaban J connectivity index is 1.59. The highest BCUT2D eigenvalue weighted by atomic mass is 16.4. The van der Waals surface area contributed by atoms with Crippen LogP contribution in [0.25, 0.3) is 22.6 Å². The summed E-state index contributed by atoms with van der Waals surface area (Å²) < 4.78 is 10.9. The van der Waals surface area contributed by atoms with Gasteiger partial charge in [0.15, 0.2) is 5.76 Å². The summed E-state index contributed by atoms with van der Waals surface area (Å²) in [4.78, 5) is 18.2. The Hall–Kier alpha value is -3.35. The summed E-state index contributed by atoms with van der Waals surface area (Å²) in [5.74, 6) is 1.14. The molecular weight excluding hydrogens is 356 g/mol. The van der Waals surface area contributed by atoms with Crippen LogP contribution >= 0.6 is 0 Å². The summed E-state index contributed by atoms with van der Waals surface area (Å²) in [6, 6.07) is 9.26. The molecule has 144 valence electrons. The molecule has 1 aromatic carbocycles. The second-order valence-corrected chi connectivity index (χ2v) is 6.84. The zero-order chi connectivity index (χ0) is 19.7. The van der Waals surface area contributed by atoms with Crippen molar-refractivity contribution in [1.82, 2.24) is 20.1 Å². The van der Waals surface area contributed by atoms with Crippen molar-refractivity contribution in [3.05, 3.63) is 59.3 Å². The minimum Gasteiger partial charge on any atom is -0.459 e. The molecule has 0 radical (unpaired) electrons. The molecule has 7 nitrogen and oxygen atoms in total. The topological polar surface area (TPSA) is 88.2 Å². The van der Waals surface area contributed by atoms with E-state index in [4.69, 9.17) is 8.83 Å². The van der Waals surface area contributed by atoms with E-state index in [2.05, 4.69) is 22.1 Å². The number of benzene rings is 1. The van der Waals surface area contributed by atoms with Crippen LogP contribution in [0.4, 0.5) is 0 Å². The molecule has 0 aliphatic rings. The summed E-state index contributed by atoms with van der Waals surface area (Å²) >= 11 is 0. The number of carbonyl (C=O) groups is 1. The predicted octanol–water partition coefficient (Wildman–Crippen LogP) is 4.48. The van der Waals surface area contributed by atoms with Gasteiger partial charge in [0.1, 0.15) is 0 Å². The molecule has 28 heavy (non-hydrogen) atoms. The number of carbonyl (C=O) groups excluding carboxylic acids is 1. The summed E-state index contributed by atoms with van der Waals surface area (Å²) in [5.41, 5.74) is 3.95. The van der Waals surface area contributed by atoms with E-state index in [1.165, 1.54) is 0 Å². The molecule has 1 N–H and O–H groups in total. The Labute approximate surface area is 162 Å². The number of H-pyrrole nitrogens is 1. The molecule has 1 amide bonds. The number of rotatable bonds is 6. The van der Waals surface area contributed by atoms with Crippen LogP contribution in [-0.2, 0) is 6.54 Å². The third-order valence-electron chi connectivity index (χ3n) is 4.86. The molecule has 3 heterocycles. The molecule has 0 aliphatic carbocycles. The standard InChI is InChI=1S/C21H22N4O3/c1-4-9-25(12-19-23-24-20(28-19)18-6-5-10-27-18)21(26)15-7-8-17-16(11-15)13(2)14(3)22-17/h5-8,10-11,22H,4,9,12H2,1-3H3. The van der Waals surface area contributed by atoms with Gasteiger partial charge in [-0.05, 0) is 56.2 Å². The molecule has 0 aliphatic heterocycles. The lowest BCUT2D eigenvalue weighted by atomic mass is 10.1. The molecule has 0 saturated heterocycles. The van der Waals surface area contributed by atoms with Crippen LogP contribution in [0.3, 0.4) is 0 Å². The van der Waals surface area contributed by atoms with E-state index >= 15 is 0 Å². The first-order valence-corrected chi connectivity index (χ1v) is 9.31.